The molecule has 8 heteroatoms. The van der Waals surface area contributed by atoms with E-state index in [-0.39, 0.29) is 0 Å². The summed E-state index contributed by atoms with van der Waals surface area (Å²) in [4.78, 5) is 8.61. The molecule has 2 N–H and O–H groups in total. The van der Waals surface area contributed by atoms with E-state index >= 15 is 0 Å². The zero-order valence-electron chi connectivity index (χ0n) is 11.8. The summed E-state index contributed by atoms with van der Waals surface area (Å²) in [5.41, 5.74) is -0.620. The molecule has 1 aliphatic rings. The quantitative estimate of drug-likeness (QED) is 0.781. The topological polar surface area (TPSA) is 84.0 Å². The number of nitrogens with zero attached hydrogens (tertiary/aromatic N) is 2. The molecular formula is C12H19ClN4O2S. The van der Waals surface area contributed by atoms with E-state index in [2.05, 4.69) is 20.0 Å². The third kappa shape index (κ3) is 4.88. The molecule has 20 heavy (non-hydrogen) atoms. The molecule has 112 valence electrons. The number of hydrogen-bond acceptors (Lipinski definition) is 5. The van der Waals surface area contributed by atoms with Crippen molar-refractivity contribution in [2.75, 3.05) is 18.1 Å². The smallest absolute Gasteiger partial charge is 0.209 e. The molecule has 6 nitrogen and oxygen atoms in total. The Morgan fingerprint density at radius 1 is 1.40 bits per heavy atom. The van der Waals surface area contributed by atoms with Crippen molar-refractivity contribution in [3.8, 4) is 0 Å². The number of nitrogens with one attached hydrogen (secondary N) is 2. The molecule has 0 amide bonds. The van der Waals surface area contributed by atoms with Crippen LogP contribution in [0.15, 0.2) is 6.07 Å². The van der Waals surface area contributed by atoms with Crippen LogP contribution in [0.3, 0.4) is 0 Å². The van der Waals surface area contributed by atoms with Crippen LogP contribution in [-0.2, 0) is 10.0 Å². The second-order valence-corrected chi connectivity index (χ2v) is 7.96. The summed E-state index contributed by atoms with van der Waals surface area (Å²) < 4.78 is 25.1. The van der Waals surface area contributed by atoms with E-state index in [0.29, 0.717) is 23.4 Å². The molecule has 0 aromatic carbocycles. The van der Waals surface area contributed by atoms with E-state index in [1.807, 2.05) is 0 Å². The average Bonchev–Trinajstić information content (AvgIpc) is 3.06. The van der Waals surface area contributed by atoms with Crippen LogP contribution in [0.1, 0.15) is 38.4 Å². The first-order valence-corrected chi connectivity index (χ1v) is 8.69. The predicted octanol–water partition coefficient (Wildman–Crippen LogP) is 1.75. The molecule has 0 atom stereocenters. The van der Waals surface area contributed by atoms with Crippen LogP contribution in [-0.4, -0.2) is 36.7 Å². The number of hydrogen-bond donors (Lipinski definition) is 2. The zero-order valence-corrected chi connectivity index (χ0v) is 13.3. The first-order valence-electron chi connectivity index (χ1n) is 6.42. The Kier molecular flexibility index (Phi) is 4.22. The van der Waals surface area contributed by atoms with Gasteiger partial charge in [0.2, 0.25) is 10.0 Å². The van der Waals surface area contributed by atoms with Crippen LogP contribution in [0, 0.1) is 0 Å². The van der Waals surface area contributed by atoms with Gasteiger partial charge in [0.25, 0.3) is 0 Å². The van der Waals surface area contributed by atoms with E-state index in [1.54, 1.807) is 19.9 Å². The van der Waals surface area contributed by atoms with Crippen LogP contribution >= 0.6 is 11.6 Å². The molecule has 0 saturated heterocycles. The number of sulfonamides is 1. The molecule has 1 fully saturated rings. The molecule has 1 aromatic rings. The summed E-state index contributed by atoms with van der Waals surface area (Å²) in [6.07, 6.45) is 3.34. The molecule has 0 bridgehead atoms. The highest BCUT2D eigenvalue weighted by molar-refractivity contribution is 7.88. The Bertz CT molecular complexity index is 599. The van der Waals surface area contributed by atoms with E-state index in [0.717, 1.165) is 24.9 Å². The monoisotopic (exact) mass is 318 g/mol. The lowest BCUT2D eigenvalue weighted by Crippen LogP contribution is -2.47. The van der Waals surface area contributed by atoms with Crippen molar-refractivity contribution in [1.29, 1.82) is 0 Å². The van der Waals surface area contributed by atoms with Crippen molar-refractivity contribution in [2.45, 2.75) is 38.1 Å². The Balaban J connectivity index is 2.03. The minimum absolute atomic E-state index is 0.400. The normalized spacial score (nSPS) is 16.2. The highest BCUT2D eigenvalue weighted by atomic mass is 35.5. The Hall–Kier alpha value is -0.920. The number of halogens is 1. The maximum absolute atomic E-state index is 11.3. The SMILES string of the molecule is CC(C)(CNc1cc(Cl)nc(C2CC2)n1)NS(C)(=O)=O. The molecule has 0 unspecified atom stereocenters. The van der Waals surface area contributed by atoms with Crippen LogP contribution in [0.25, 0.3) is 0 Å². The van der Waals surface area contributed by atoms with Gasteiger partial charge in [-0.1, -0.05) is 11.6 Å². The molecular weight excluding hydrogens is 300 g/mol. The maximum atomic E-state index is 11.3. The highest BCUT2D eigenvalue weighted by Gasteiger charge is 2.27. The van der Waals surface area contributed by atoms with Gasteiger partial charge in [-0.25, -0.2) is 23.1 Å². The number of aromatic nitrogens is 2. The van der Waals surface area contributed by atoms with Crippen LogP contribution in [0.2, 0.25) is 5.15 Å². The lowest BCUT2D eigenvalue weighted by molar-refractivity contribution is 0.475. The summed E-state index contributed by atoms with van der Waals surface area (Å²) in [5, 5.41) is 3.51. The standard InChI is InChI=1S/C12H19ClN4O2S/c1-12(2,17-20(3,18)19)7-14-10-6-9(13)15-11(16-10)8-4-5-8/h6,8,17H,4-5,7H2,1-3H3,(H,14,15,16). The first-order chi connectivity index (χ1) is 9.15. The molecule has 0 aliphatic heterocycles. The lowest BCUT2D eigenvalue weighted by Gasteiger charge is -2.25. The van der Waals surface area contributed by atoms with Gasteiger partial charge in [0.1, 0.15) is 16.8 Å². The Morgan fingerprint density at radius 2 is 2.05 bits per heavy atom. The van der Waals surface area contributed by atoms with Crippen LogP contribution in [0.5, 0.6) is 0 Å². The van der Waals surface area contributed by atoms with E-state index < -0.39 is 15.6 Å². The summed E-state index contributed by atoms with van der Waals surface area (Å²) in [6, 6.07) is 1.64. The predicted molar refractivity (Wildman–Crippen MR) is 79.6 cm³/mol. The van der Waals surface area contributed by atoms with Crippen molar-refractivity contribution in [3.05, 3.63) is 17.0 Å². The summed E-state index contributed by atoms with van der Waals surface area (Å²) in [6.45, 7) is 3.99. The summed E-state index contributed by atoms with van der Waals surface area (Å²) in [7, 11) is -3.25. The van der Waals surface area contributed by atoms with Gasteiger partial charge in [-0.3, -0.25) is 0 Å². The molecule has 1 aromatic heterocycles. The minimum atomic E-state index is -3.25. The van der Waals surface area contributed by atoms with E-state index in [9.17, 15) is 8.42 Å². The van der Waals surface area contributed by atoms with Crippen molar-refractivity contribution >= 4 is 27.4 Å². The lowest BCUT2D eigenvalue weighted by atomic mass is 10.1. The van der Waals surface area contributed by atoms with E-state index in [4.69, 9.17) is 11.6 Å². The van der Waals surface area contributed by atoms with Gasteiger partial charge in [0.05, 0.1) is 6.26 Å². The molecule has 0 spiro atoms. The zero-order chi connectivity index (χ0) is 15.0. The summed E-state index contributed by atoms with van der Waals surface area (Å²) in [5.74, 6) is 1.79. The minimum Gasteiger partial charge on any atom is -0.368 e. The van der Waals surface area contributed by atoms with Gasteiger partial charge in [-0.05, 0) is 26.7 Å². The van der Waals surface area contributed by atoms with Gasteiger partial charge in [-0.2, -0.15) is 0 Å². The molecule has 0 radical (unpaired) electrons. The largest absolute Gasteiger partial charge is 0.368 e. The van der Waals surface area contributed by atoms with Crippen LogP contribution < -0.4 is 10.0 Å². The maximum Gasteiger partial charge on any atom is 0.209 e. The first kappa shape index (κ1) is 15.5. The van der Waals surface area contributed by atoms with Gasteiger partial charge < -0.3 is 5.32 Å². The Morgan fingerprint density at radius 3 is 2.60 bits per heavy atom. The number of anilines is 1. The van der Waals surface area contributed by atoms with Gasteiger partial charge in [0.15, 0.2) is 0 Å². The van der Waals surface area contributed by atoms with Gasteiger partial charge in [-0.15, -0.1) is 0 Å². The fraction of sp³-hybridized carbons (Fsp3) is 0.667. The average molecular weight is 319 g/mol. The van der Waals surface area contributed by atoms with Gasteiger partial charge >= 0.3 is 0 Å². The Labute approximate surface area is 124 Å². The van der Waals surface area contributed by atoms with Crippen molar-refractivity contribution in [2.24, 2.45) is 0 Å². The highest BCUT2D eigenvalue weighted by Crippen LogP contribution is 2.38. The fourth-order valence-electron chi connectivity index (χ4n) is 1.90. The van der Waals surface area contributed by atoms with Crippen LogP contribution in [0.4, 0.5) is 5.82 Å². The van der Waals surface area contributed by atoms with Crippen molar-refractivity contribution in [1.82, 2.24) is 14.7 Å². The number of rotatable bonds is 6. The third-order valence-electron chi connectivity index (χ3n) is 2.83. The molecule has 1 saturated carbocycles. The van der Waals surface area contributed by atoms with E-state index in [1.165, 1.54) is 0 Å². The fourth-order valence-corrected chi connectivity index (χ4v) is 3.17. The second-order valence-electron chi connectivity index (χ2n) is 5.82. The third-order valence-corrected chi connectivity index (χ3v) is 3.94. The molecule has 1 aliphatic carbocycles. The summed E-state index contributed by atoms with van der Waals surface area (Å²) >= 11 is 5.98. The van der Waals surface area contributed by atoms with Crippen molar-refractivity contribution < 1.29 is 8.42 Å². The van der Waals surface area contributed by atoms with Crippen molar-refractivity contribution in [3.63, 3.8) is 0 Å². The molecule has 1 heterocycles. The second kappa shape index (κ2) is 5.46. The van der Waals surface area contributed by atoms with Gasteiger partial charge in [0, 0.05) is 24.1 Å². The molecule has 2 rings (SSSR count).